The second kappa shape index (κ2) is 5.49. The standard InChI is InChI=1S/C18H22N4O/c1-3-7-22-16(9-12(2)20-22)13-4-5-15-14(10-13)11-21-8-6-17(23)18(21)19-15/h4-5,9-10,17,23H,3,6-8,11H2,1-2H3. The molecule has 2 aliphatic heterocycles. The molecular weight excluding hydrogens is 288 g/mol. The maximum Gasteiger partial charge on any atom is 0.134 e. The van der Waals surface area contributed by atoms with Crippen molar-refractivity contribution >= 4 is 11.5 Å². The van der Waals surface area contributed by atoms with Gasteiger partial charge in [0.2, 0.25) is 0 Å². The van der Waals surface area contributed by atoms with E-state index in [4.69, 9.17) is 0 Å². The van der Waals surface area contributed by atoms with E-state index in [0.717, 1.165) is 49.7 Å². The summed E-state index contributed by atoms with van der Waals surface area (Å²) in [5, 5.41) is 14.6. The van der Waals surface area contributed by atoms with Crippen LogP contribution in [0.4, 0.5) is 5.69 Å². The van der Waals surface area contributed by atoms with Crippen LogP contribution in [0.1, 0.15) is 31.0 Å². The van der Waals surface area contributed by atoms with Crippen molar-refractivity contribution in [2.24, 2.45) is 4.99 Å². The van der Waals surface area contributed by atoms with Crippen molar-refractivity contribution in [3.8, 4) is 11.3 Å². The number of benzene rings is 1. The summed E-state index contributed by atoms with van der Waals surface area (Å²) in [6.45, 7) is 6.86. The zero-order valence-corrected chi connectivity index (χ0v) is 13.7. The van der Waals surface area contributed by atoms with Crippen LogP contribution >= 0.6 is 0 Å². The first-order valence-corrected chi connectivity index (χ1v) is 8.35. The van der Waals surface area contributed by atoms with E-state index >= 15 is 0 Å². The third-order valence-electron chi connectivity index (χ3n) is 4.60. The SMILES string of the molecule is CCCn1nc(C)cc1-c1ccc2c(c1)CN1CCC(O)C1=N2. The van der Waals surface area contributed by atoms with Crippen LogP contribution in [0.15, 0.2) is 29.3 Å². The molecule has 23 heavy (non-hydrogen) atoms. The number of nitrogens with zero attached hydrogens (tertiary/aromatic N) is 4. The summed E-state index contributed by atoms with van der Waals surface area (Å²) in [5.41, 5.74) is 5.62. The first-order valence-electron chi connectivity index (χ1n) is 8.35. The van der Waals surface area contributed by atoms with Crippen molar-refractivity contribution in [1.82, 2.24) is 14.7 Å². The van der Waals surface area contributed by atoms with Crippen LogP contribution in [-0.4, -0.2) is 38.3 Å². The van der Waals surface area contributed by atoms with Crippen molar-refractivity contribution in [3.05, 3.63) is 35.5 Å². The van der Waals surface area contributed by atoms with Crippen LogP contribution in [-0.2, 0) is 13.1 Å². The lowest BCUT2D eigenvalue weighted by Crippen LogP contribution is -2.31. The minimum absolute atomic E-state index is 0.406. The van der Waals surface area contributed by atoms with Crippen LogP contribution < -0.4 is 0 Å². The number of hydrogen-bond acceptors (Lipinski definition) is 4. The fourth-order valence-corrected chi connectivity index (χ4v) is 3.51. The molecule has 1 aromatic heterocycles. The van der Waals surface area contributed by atoms with E-state index in [1.165, 1.54) is 16.8 Å². The smallest absolute Gasteiger partial charge is 0.134 e. The first-order chi connectivity index (χ1) is 11.2. The second-order valence-electron chi connectivity index (χ2n) is 6.43. The normalized spacial score (nSPS) is 19.5. The Morgan fingerprint density at radius 2 is 2.17 bits per heavy atom. The molecule has 4 rings (SSSR count). The highest BCUT2D eigenvalue weighted by Crippen LogP contribution is 2.33. The molecule has 1 N–H and O–H groups in total. The highest BCUT2D eigenvalue weighted by molar-refractivity contribution is 5.92. The molecule has 2 aliphatic rings. The minimum Gasteiger partial charge on any atom is -0.385 e. The number of amidine groups is 1. The lowest BCUT2D eigenvalue weighted by molar-refractivity contribution is 0.245. The summed E-state index contributed by atoms with van der Waals surface area (Å²) in [5.74, 6) is 0.831. The zero-order valence-electron chi connectivity index (χ0n) is 13.7. The van der Waals surface area contributed by atoms with Gasteiger partial charge in [0.1, 0.15) is 11.9 Å². The summed E-state index contributed by atoms with van der Waals surface area (Å²) in [7, 11) is 0. The topological polar surface area (TPSA) is 53.7 Å². The molecule has 0 saturated carbocycles. The fraction of sp³-hybridized carbons (Fsp3) is 0.444. The molecule has 5 nitrogen and oxygen atoms in total. The van der Waals surface area contributed by atoms with Crippen LogP contribution in [0.25, 0.3) is 11.3 Å². The summed E-state index contributed by atoms with van der Waals surface area (Å²) < 4.78 is 2.09. The Morgan fingerprint density at radius 3 is 3.00 bits per heavy atom. The van der Waals surface area contributed by atoms with Gasteiger partial charge in [-0.25, -0.2) is 4.99 Å². The molecular formula is C18H22N4O. The molecule has 1 saturated heterocycles. The molecule has 2 aromatic rings. The van der Waals surface area contributed by atoms with E-state index in [0.29, 0.717) is 0 Å². The Labute approximate surface area is 136 Å². The molecule has 1 aromatic carbocycles. The summed E-state index contributed by atoms with van der Waals surface area (Å²) in [6.07, 6.45) is 1.44. The highest BCUT2D eigenvalue weighted by atomic mass is 16.3. The number of fused-ring (bicyclic) bond motifs is 2. The third kappa shape index (κ3) is 2.45. The minimum atomic E-state index is -0.406. The molecule has 1 unspecified atom stereocenters. The van der Waals surface area contributed by atoms with Gasteiger partial charge in [0, 0.05) is 25.2 Å². The van der Waals surface area contributed by atoms with Crippen LogP contribution in [0.2, 0.25) is 0 Å². The van der Waals surface area contributed by atoms with Crippen molar-refractivity contribution in [3.63, 3.8) is 0 Å². The first kappa shape index (κ1) is 14.5. The maximum absolute atomic E-state index is 10.00. The Bertz CT molecular complexity index is 777. The van der Waals surface area contributed by atoms with Gasteiger partial charge >= 0.3 is 0 Å². The molecule has 0 bridgehead atoms. The van der Waals surface area contributed by atoms with E-state index in [1.54, 1.807) is 0 Å². The number of aliphatic hydroxyl groups excluding tert-OH is 1. The van der Waals surface area contributed by atoms with E-state index in [1.807, 2.05) is 6.92 Å². The molecule has 1 fully saturated rings. The van der Waals surface area contributed by atoms with Gasteiger partial charge < -0.3 is 10.0 Å². The molecule has 1 atom stereocenters. The zero-order chi connectivity index (χ0) is 16.0. The lowest BCUT2D eigenvalue weighted by Gasteiger charge is -2.25. The monoisotopic (exact) mass is 310 g/mol. The number of aliphatic imine (C=N–C) groups is 1. The molecule has 0 radical (unpaired) electrons. The van der Waals surface area contributed by atoms with Gasteiger partial charge in [-0.15, -0.1) is 0 Å². The summed E-state index contributed by atoms with van der Waals surface area (Å²) in [4.78, 5) is 6.84. The Morgan fingerprint density at radius 1 is 1.30 bits per heavy atom. The number of hydrogen-bond donors (Lipinski definition) is 1. The number of aliphatic hydroxyl groups is 1. The van der Waals surface area contributed by atoms with Gasteiger partial charge in [0.25, 0.3) is 0 Å². The van der Waals surface area contributed by atoms with E-state index in [9.17, 15) is 5.11 Å². The third-order valence-corrected chi connectivity index (χ3v) is 4.60. The second-order valence-corrected chi connectivity index (χ2v) is 6.43. The van der Waals surface area contributed by atoms with Crippen molar-refractivity contribution < 1.29 is 5.11 Å². The van der Waals surface area contributed by atoms with E-state index in [2.05, 4.69) is 50.9 Å². The highest BCUT2D eigenvalue weighted by Gasteiger charge is 2.31. The number of rotatable bonds is 3. The van der Waals surface area contributed by atoms with Gasteiger partial charge in [-0.05, 0) is 43.5 Å². The van der Waals surface area contributed by atoms with E-state index in [-0.39, 0.29) is 0 Å². The quantitative estimate of drug-likeness (QED) is 0.948. The largest absolute Gasteiger partial charge is 0.385 e. The van der Waals surface area contributed by atoms with Gasteiger partial charge in [-0.3, -0.25) is 4.68 Å². The lowest BCUT2D eigenvalue weighted by atomic mass is 10.0. The van der Waals surface area contributed by atoms with Gasteiger partial charge in [0.15, 0.2) is 0 Å². The van der Waals surface area contributed by atoms with Gasteiger partial charge in [-0.2, -0.15) is 5.10 Å². The Kier molecular flexibility index (Phi) is 3.45. The van der Waals surface area contributed by atoms with Gasteiger partial charge in [0.05, 0.1) is 17.1 Å². The Hall–Kier alpha value is -2.14. The van der Waals surface area contributed by atoms with Crippen LogP contribution in [0.3, 0.4) is 0 Å². The van der Waals surface area contributed by atoms with Crippen molar-refractivity contribution in [2.75, 3.05) is 6.54 Å². The molecule has 0 aliphatic carbocycles. The maximum atomic E-state index is 10.00. The predicted molar refractivity (Wildman–Crippen MR) is 90.8 cm³/mol. The van der Waals surface area contributed by atoms with E-state index < -0.39 is 6.10 Å². The van der Waals surface area contributed by atoms with Gasteiger partial charge in [-0.1, -0.05) is 13.0 Å². The van der Waals surface area contributed by atoms with Crippen LogP contribution in [0.5, 0.6) is 0 Å². The van der Waals surface area contributed by atoms with Crippen molar-refractivity contribution in [2.45, 2.75) is 45.9 Å². The number of aromatic nitrogens is 2. The Balaban J connectivity index is 1.73. The molecule has 5 heteroatoms. The molecule has 3 heterocycles. The summed E-state index contributed by atoms with van der Waals surface area (Å²) in [6, 6.07) is 8.55. The molecule has 120 valence electrons. The predicted octanol–water partition coefficient (Wildman–Crippen LogP) is 2.88. The number of aryl methyl sites for hydroxylation is 2. The average molecular weight is 310 g/mol. The van der Waals surface area contributed by atoms with Crippen LogP contribution in [0, 0.1) is 6.92 Å². The molecule has 0 amide bonds. The summed E-state index contributed by atoms with van der Waals surface area (Å²) >= 11 is 0. The average Bonchev–Trinajstić information content (AvgIpc) is 3.08. The van der Waals surface area contributed by atoms with Crippen molar-refractivity contribution in [1.29, 1.82) is 0 Å². The fourth-order valence-electron chi connectivity index (χ4n) is 3.51. The molecule has 0 spiro atoms.